The van der Waals surface area contributed by atoms with E-state index >= 15 is 0 Å². The van der Waals surface area contributed by atoms with E-state index in [0.29, 0.717) is 19.0 Å². The van der Waals surface area contributed by atoms with Gasteiger partial charge in [0.1, 0.15) is 0 Å². The molecule has 0 saturated heterocycles. The van der Waals surface area contributed by atoms with E-state index in [2.05, 4.69) is 25.7 Å². The number of aromatic nitrogens is 3. The van der Waals surface area contributed by atoms with Crippen LogP contribution in [0.25, 0.3) is 0 Å². The highest BCUT2D eigenvalue weighted by Gasteiger charge is 2.02. The average Bonchev–Trinajstić information content (AvgIpc) is 2.95. The van der Waals surface area contributed by atoms with Crippen LogP contribution >= 0.6 is 24.0 Å². The molecule has 2 N–H and O–H groups in total. The van der Waals surface area contributed by atoms with Crippen molar-refractivity contribution in [3.8, 4) is 5.88 Å². The minimum absolute atomic E-state index is 0. The summed E-state index contributed by atoms with van der Waals surface area (Å²) < 4.78 is 6.95. The second-order valence-electron chi connectivity index (χ2n) is 4.67. The van der Waals surface area contributed by atoms with E-state index in [1.807, 2.05) is 42.9 Å². The third kappa shape index (κ3) is 6.05. The highest BCUT2D eigenvalue weighted by atomic mass is 127. The van der Waals surface area contributed by atoms with Crippen LogP contribution in [0.4, 0.5) is 0 Å². The summed E-state index contributed by atoms with van der Waals surface area (Å²) >= 11 is 0. The first-order valence-corrected chi connectivity index (χ1v) is 7.22. The molecule has 0 fully saturated rings. The summed E-state index contributed by atoms with van der Waals surface area (Å²) in [6.45, 7) is 3.97. The van der Waals surface area contributed by atoms with Gasteiger partial charge in [-0.3, -0.25) is 4.68 Å². The summed E-state index contributed by atoms with van der Waals surface area (Å²) in [4.78, 5) is 8.88. The lowest BCUT2D eigenvalue weighted by Gasteiger charge is -2.11. The molecule has 2 heterocycles. The van der Waals surface area contributed by atoms with Crippen LogP contribution in [0, 0.1) is 0 Å². The maximum Gasteiger partial charge on any atom is 0.213 e. The van der Waals surface area contributed by atoms with Crippen LogP contribution < -0.4 is 15.4 Å². The van der Waals surface area contributed by atoms with Gasteiger partial charge in [-0.15, -0.1) is 24.0 Å². The Balaban J connectivity index is 0.00000264. The molecule has 0 atom stereocenters. The SMILES string of the molecule is CCNC(=NCc1cccc(OC)n1)NCc1ccnn1C.I. The zero-order valence-electron chi connectivity index (χ0n) is 13.6. The van der Waals surface area contributed by atoms with Crippen molar-refractivity contribution in [3.63, 3.8) is 0 Å². The van der Waals surface area contributed by atoms with E-state index in [4.69, 9.17) is 4.74 Å². The number of hydrogen-bond donors (Lipinski definition) is 2. The molecule has 2 aromatic heterocycles. The zero-order chi connectivity index (χ0) is 15.8. The van der Waals surface area contributed by atoms with Gasteiger partial charge < -0.3 is 15.4 Å². The number of ether oxygens (including phenoxy) is 1. The minimum Gasteiger partial charge on any atom is -0.481 e. The zero-order valence-corrected chi connectivity index (χ0v) is 15.9. The number of methoxy groups -OCH3 is 1. The first-order chi connectivity index (χ1) is 10.7. The highest BCUT2D eigenvalue weighted by Crippen LogP contribution is 2.07. The molecular formula is C15H23IN6O. The van der Waals surface area contributed by atoms with Gasteiger partial charge >= 0.3 is 0 Å². The van der Waals surface area contributed by atoms with Crippen LogP contribution in [-0.2, 0) is 20.1 Å². The molecule has 0 amide bonds. The second-order valence-corrected chi connectivity index (χ2v) is 4.67. The molecule has 126 valence electrons. The molecule has 0 aliphatic heterocycles. The van der Waals surface area contributed by atoms with Crippen molar-refractivity contribution in [3.05, 3.63) is 41.9 Å². The molecule has 8 heteroatoms. The maximum absolute atomic E-state index is 5.12. The normalized spacial score (nSPS) is 10.8. The van der Waals surface area contributed by atoms with Gasteiger partial charge in [-0.25, -0.2) is 9.98 Å². The van der Waals surface area contributed by atoms with Crippen LogP contribution in [0.15, 0.2) is 35.5 Å². The van der Waals surface area contributed by atoms with Gasteiger partial charge in [-0.05, 0) is 19.1 Å². The van der Waals surface area contributed by atoms with Crippen molar-refractivity contribution in [2.45, 2.75) is 20.0 Å². The Hall–Kier alpha value is -1.84. The lowest BCUT2D eigenvalue weighted by molar-refractivity contribution is 0.396. The Morgan fingerprint density at radius 1 is 1.30 bits per heavy atom. The molecule has 0 spiro atoms. The molecule has 0 unspecified atom stereocenters. The lowest BCUT2D eigenvalue weighted by Crippen LogP contribution is -2.37. The molecule has 7 nitrogen and oxygen atoms in total. The van der Waals surface area contributed by atoms with Gasteiger partial charge in [0.2, 0.25) is 5.88 Å². The topological polar surface area (TPSA) is 76.4 Å². The molecule has 23 heavy (non-hydrogen) atoms. The smallest absolute Gasteiger partial charge is 0.213 e. The fraction of sp³-hybridized carbons (Fsp3) is 0.400. The maximum atomic E-state index is 5.12. The summed E-state index contributed by atoms with van der Waals surface area (Å²) in [5.74, 6) is 1.34. The number of nitrogens with zero attached hydrogens (tertiary/aromatic N) is 4. The number of aryl methyl sites for hydroxylation is 1. The number of rotatable bonds is 6. The van der Waals surface area contributed by atoms with Crippen LogP contribution in [0.1, 0.15) is 18.3 Å². The predicted molar refractivity (Wildman–Crippen MR) is 101 cm³/mol. The standard InChI is InChI=1S/C15H22N6O.HI/c1-4-16-15(18-11-13-8-9-19-21(13)2)17-10-12-6-5-7-14(20-12)22-3;/h5-9H,4,10-11H2,1-3H3,(H2,16,17,18);1H. The van der Waals surface area contributed by atoms with E-state index in [-0.39, 0.29) is 24.0 Å². The third-order valence-electron chi connectivity index (χ3n) is 3.09. The molecule has 0 aromatic carbocycles. The molecule has 0 bridgehead atoms. The quantitative estimate of drug-likeness (QED) is 0.415. The summed E-state index contributed by atoms with van der Waals surface area (Å²) in [6, 6.07) is 7.63. The molecule has 0 saturated carbocycles. The first-order valence-electron chi connectivity index (χ1n) is 7.22. The number of pyridine rings is 1. The van der Waals surface area contributed by atoms with Gasteiger partial charge in [0, 0.05) is 25.9 Å². The summed E-state index contributed by atoms with van der Waals surface area (Å²) in [6.07, 6.45) is 1.78. The largest absolute Gasteiger partial charge is 0.481 e. The Labute approximate surface area is 153 Å². The van der Waals surface area contributed by atoms with Crippen molar-refractivity contribution < 1.29 is 4.74 Å². The van der Waals surface area contributed by atoms with E-state index in [1.54, 1.807) is 13.3 Å². The van der Waals surface area contributed by atoms with E-state index in [1.165, 1.54) is 0 Å². The summed E-state index contributed by atoms with van der Waals surface area (Å²) in [7, 11) is 3.52. The van der Waals surface area contributed by atoms with Gasteiger partial charge in [0.15, 0.2) is 5.96 Å². The number of hydrogen-bond acceptors (Lipinski definition) is 4. The van der Waals surface area contributed by atoms with Crippen molar-refractivity contribution in [2.75, 3.05) is 13.7 Å². The van der Waals surface area contributed by atoms with Crippen molar-refractivity contribution in [1.29, 1.82) is 0 Å². The van der Waals surface area contributed by atoms with E-state index in [0.717, 1.165) is 23.9 Å². The molecule has 2 aromatic rings. The number of guanidine groups is 1. The third-order valence-corrected chi connectivity index (χ3v) is 3.09. The van der Waals surface area contributed by atoms with Crippen molar-refractivity contribution >= 4 is 29.9 Å². The van der Waals surface area contributed by atoms with Crippen LogP contribution in [0.2, 0.25) is 0 Å². The fourth-order valence-electron chi connectivity index (χ4n) is 1.91. The van der Waals surface area contributed by atoms with Gasteiger partial charge in [-0.1, -0.05) is 6.07 Å². The number of nitrogens with one attached hydrogen (secondary N) is 2. The molecular weight excluding hydrogens is 407 g/mol. The first kappa shape index (κ1) is 19.2. The van der Waals surface area contributed by atoms with Gasteiger partial charge in [0.25, 0.3) is 0 Å². The summed E-state index contributed by atoms with van der Waals surface area (Å²) in [5.41, 5.74) is 1.95. The fourth-order valence-corrected chi connectivity index (χ4v) is 1.91. The van der Waals surface area contributed by atoms with Crippen LogP contribution in [0.5, 0.6) is 5.88 Å². The molecule has 2 rings (SSSR count). The molecule has 0 aliphatic rings. The Kier molecular flexibility index (Phi) is 8.38. The van der Waals surface area contributed by atoms with Crippen LogP contribution in [-0.4, -0.2) is 34.4 Å². The average molecular weight is 430 g/mol. The minimum atomic E-state index is 0. The lowest BCUT2D eigenvalue weighted by atomic mass is 10.3. The molecule has 0 aliphatic carbocycles. The van der Waals surface area contributed by atoms with E-state index in [9.17, 15) is 0 Å². The Bertz CT molecular complexity index is 628. The van der Waals surface area contributed by atoms with Crippen molar-refractivity contribution in [2.24, 2.45) is 12.0 Å². The highest BCUT2D eigenvalue weighted by molar-refractivity contribution is 14.0. The Morgan fingerprint density at radius 2 is 2.13 bits per heavy atom. The molecule has 0 radical (unpaired) electrons. The van der Waals surface area contributed by atoms with E-state index < -0.39 is 0 Å². The second kappa shape index (κ2) is 10.0. The van der Waals surface area contributed by atoms with Gasteiger partial charge in [-0.2, -0.15) is 5.10 Å². The monoisotopic (exact) mass is 430 g/mol. The predicted octanol–water partition coefficient (Wildman–Crippen LogP) is 1.70. The van der Waals surface area contributed by atoms with Gasteiger partial charge in [0.05, 0.1) is 31.6 Å². The Morgan fingerprint density at radius 3 is 2.78 bits per heavy atom. The van der Waals surface area contributed by atoms with Crippen LogP contribution in [0.3, 0.4) is 0 Å². The summed E-state index contributed by atoms with van der Waals surface area (Å²) in [5, 5.41) is 10.6. The number of aliphatic imine (C=N–C) groups is 1. The van der Waals surface area contributed by atoms with Crippen molar-refractivity contribution in [1.82, 2.24) is 25.4 Å². The number of halogens is 1.